The van der Waals surface area contributed by atoms with Crippen LogP contribution in [0.4, 0.5) is 0 Å². The molecule has 0 radical (unpaired) electrons. The summed E-state index contributed by atoms with van der Waals surface area (Å²) in [5.74, 6) is -0.970. The van der Waals surface area contributed by atoms with Crippen molar-refractivity contribution in [1.29, 1.82) is 0 Å². The topological polar surface area (TPSA) is 149 Å². The summed E-state index contributed by atoms with van der Waals surface area (Å²) < 4.78 is 32.5. The molecule has 0 aromatic heterocycles. The summed E-state index contributed by atoms with van der Waals surface area (Å²) in [6.07, 6.45) is 34.0. The molecule has 0 spiro atoms. The second-order valence-electron chi connectivity index (χ2n) is 13.0. The molecule has 0 saturated carbocycles. The van der Waals surface area contributed by atoms with Crippen molar-refractivity contribution in [2.24, 2.45) is 0 Å². The third kappa shape index (κ3) is 34.6. The number of phosphoric acid groups is 1. The summed E-state index contributed by atoms with van der Waals surface area (Å²) >= 11 is 0. The average molecular weight is 731 g/mol. The molecule has 3 N–H and O–H groups in total. The standard InChI is InChI=1S/C39H71O10P/c1-3-5-7-9-11-13-15-17-18-19-21-23-25-27-29-31-39(43)49-37(35-48-50(44,45)47-33-36(41)32-40)34-46-38(42)30-28-26-24-22-20-16-14-12-10-8-6-4-2/h11,13,17-18,21,23,36-37,40-41H,3-10,12,14-16,19-20,22,24-35H2,1-2H3,(H,44,45)/b13-11+,18-17+,23-21+/t36-,37+/m0/s1. The van der Waals surface area contributed by atoms with E-state index in [1.54, 1.807) is 0 Å². The molecule has 0 rings (SSSR count). The average Bonchev–Trinajstić information content (AvgIpc) is 3.10. The van der Waals surface area contributed by atoms with Gasteiger partial charge in [-0.2, -0.15) is 0 Å². The lowest BCUT2D eigenvalue weighted by Crippen LogP contribution is -2.29. The van der Waals surface area contributed by atoms with E-state index in [4.69, 9.17) is 19.1 Å². The first kappa shape index (κ1) is 48.2. The number of aliphatic hydroxyl groups excluding tert-OH is 2. The van der Waals surface area contributed by atoms with Crippen LogP contribution in [-0.4, -0.2) is 65.7 Å². The molecule has 0 fully saturated rings. The fourth-order valence-corrected chi connectivity index (χ4v) is 5.79. The van der Waals surface area contributed by atoms with Crippen molar-refractivity contribution in [1.82, 2.24) is 0 Å². The van der Waals surface area contributed by atoms with Crippen molar-refractivity contribution >= 4 is 19.8 Å². The van der Waals surface area contributed by atoms with Gasteiger partial charge in [0.2, 0.25) is 0 Å². The van der Waals surface area contributed by atoms with Crippen LogP contribution in [0.3, 0.4) is 0 Å². The number of carbonyl (C=O) groups excluding carboxylic acids is 2. The van der Waals surface area contributed by atoms with E-state index >= 15 is 0 Å². The predicted octanol–water partition coefficient (Wildman–Crippen LogP) is 9.61. The third-order valence-corrected chi connectivity index (χ3v) is 9.00. The number of esters is 2. The Hall–Kier alpha value is -1.81. The summed E-state index contributed by atoms with van der Waals surface area (Å²) in [4.78, 5) is 34.8. The van der Waals surface area contributed by atoms with Gasteiger partial charge in [0.15, 0.2) is 6.10 Å². The molecule has 1 unspecified atom stereocenters. The molecule has 0 heterocycles. The van der Waals surface area contributed by atoms with Gasteiger partial charge in [-0.25, -0.2) is 4.57 Å². The first-order valence-electron chi connectivity index (χ1n) is 19.4. The normalized spacial score (nSPS) is 14.4. The van der Waals surface area contributed by atoms with Crippen LogP contribution >= 0.6 is 7.82 Å². The lowest BCUT2D eigenvalue weighted by molar-refractivity contribution is -0.161. The Kier molecular flexibility index (Phi) is 34.3. The van der Waals surface area contributed by atoms with Gasteiger partial charge >= 0.3 is 19.8 Å². The van der Waals surface area contributed by atoms with E-state index in [0.29, 0.717) is 12.8 Å². The Balaban J connectivity index is 4.44. The number of hydrogen-bond donors (Lipinski definition) is 3. The highest BCUT2D eigenvalue weighted by Gasteiger charge is 2.27. The summed E-state index contributed by atoms with van der Waals surface area (Å²) in [6.45, 7) is 2.29. The number of unbranched alkanes of at least 4 members (excludes halogenated alkanes) is 16. The van der Waals surface area contributed by atoms with Gasteiger partial charge in [0.05, 0.1) is 19.8 Å². The van der Waals surface area contributed by atoms with Crippen molar-refractivity contribution in [3.63, 3.8) is 0 Å². The molecule has 0 aliphatic rings. The van der Waals surface area contributed by atoms with Crippen LogP contribution in [-0.2, 0) is 32.7 Å². The van der Waals surface area contributed by atoms with Gasteiger partial charge in [0.1, 0.15) is 12.7 Å². The van der Waals surface area contributed by atoms with Crippen molar-refractivity contribution in [3.8, 4) is 0 Å². The van der Waals surface area contributed by atoms with Crippen LogP contribution in [0, 0.1) is 0 Å². The monoisotopic (exact) mass is 730 g/mol. The van der Waals surface area contributed by atoms with Crippen LogP contribution < -0.4 is 0 Å². The maximum Gasteiger partial charge on any atom is 0.472 e. The van der Waals surface area contributed by atoms with Crippen LogP contribution in [0.5, 0.6) is 0 Å². The summed E-state index contributed by atoms with van der Waals surface area (Å²) in [5.41, 5.74) is 0. The first-order chi connectivity index (χ1) is 24.2. The Labute approximate surface area is 303 Å². The van der Waals surface area contributed by atoms with Crippen molar-refractivity contribution in [3.05, 3.63) is 36.5 Å². The molecule has 3 atom stereocenters. The lowest BCUT2D eigenvalue weighted by atomic mass is 10.0. The van der Waals surface area contributed by atoms with Crippen molar-refractivity contribution < 1.29 is 47.8 Å². The summed E-state index contributed by atoms with van der Waals surface area (Å²) in [7, 11) is -4.62. The zero-order valence-electron chi connectivity index (χ0n) is 31.4. The van der Waals surface area contributed by atoms with Gasteiger partial charge in [-0.05, 0) is 51.4 Å². The van der Waals surface area contributed by atoms with E-state index in [1.807, 2.05) is 0 Å². The summed E-state index contributed by atoms with van der Waals surface area (Å²) in [6, 6.07) is 0. The molecular formula is C39H71O10P. The lowest BCUT2D eigenvalue weighted by Gasteiger charge is -2.20. The van der Waals surface area contributed by atoms with Crippen molar-refractivity contribution in [2.45, 2.75) is 174 Å². The zero-order chi connectivity index (χ0) is 37.0. The maximum atomic E-state index is 12.5. The second-order valence-corrected chi connectivity index (χ2v) is 14.4. The van der Waals surface area contributed by atoms with Crippen molar-refractivity contribution in [2.75, 3.05) is 26.4 Å². The molecule has 0 amide bonds. The number of phosphoric ester groups is 1. The number of carbonyl (C=O) groups is 2. The molecule has 11 heteroatoms. The van der Waals surface area contributed by atoms with Gasteiger partial charge in [-0.1, -0.05) is 134 Å². The predicted molar refractivity (Wildman–Crippen MR) is 201 cm³/mol. The van der Waals surface area contributed by atoms with Gasteiger partial charge in [-0.15, -0.1) is 0 Å². The van der Waals surface area contributed by atoms with E-state index in [2.05, 4.69) is 54.8 Å². The number of hydrogen-bond acceptors (Lipinski definition) is 9. The molecule has 0 aliphatic heterocycles. The highest BCUT2D eigenvalue weighted by Crippen LogP contribution is 2.43. The molecule has 0 aliphatic carbocycles. The number of aliphatic hydroxyl groups is 2. The van der Waals surface area contributed by atoms with Gasteiger partial charge in [0, 0.05) is 12.8 Å². The highest BCUT2D eigenvalue weighted by atomic mass is 31.2. The molecule has 0 aromatic rings. The molecule has 0 bridgehead atoms. The maximum absolute atomic E-state index is 12.5. The van der Waals surface area contributed by atoms with E-state index < -0.39 is 51.8 Å². The van der Waals surface area contributed by atoms with E-state index in [0.717, 1.165) is 51.4 Å². The van der Waals surface area contributed by atoms with Gasteiger partial charge in [-0.3, -0.25) is 18.6 Å². The quantitative estimate of drug-likeness (QED) is 0.0246. The van der Waals surface area contributed by atoms with Gasteiger partial charge < -0.3 is 24.6 Å². The SMILES string of the molecule is CCCCC/C=C/C/C=C/C/C=C/CCCCC(=O)O[C@H](COC(=O)CCCCCCCCCCCCCC)COP(=O)(O)OC[C@@H](O)CO. The molecule has 0 aromatic carbocycles. The summed E-state index contributed by atoms with van der Waals surface area (Å²) in [5, 5.41) is 18.3. The minimum Gasteiger partial charge on any atom is -0.462 e. The smallest absolute Gasteiger partial charge is 0.462 e. The fourth-order valence-electron chi connectivity index (χ4n) is 5.00. The Morgan fingerprint density at radius 2 is 1.04 bits per heavy atom. The number of ether oxygens (including phenoxy) is 2. The third-order valence-electron chi connectivity index (χ3n) is 8.05. The molecule has 292 valence electrons. The minimum atomic E-state index is -4.62. The number of rotatable bonds is 36. The zero-order valence-corrected chi connectivity index (χ0v) is 32.3. The van der Waals surface area contributed by atoms with Gasteiger partial charge in [0.25, 0.3) is 0 Å². The first-order valence-corrected chi connectivity index (χ1v) is 20.9. The Morgan fingerprint density at radius 1 is 0.600 bits per heavy atom. The molecular weight excluding hydrogens is 659 g/mol. The van der Waals surface area contributed by atoms with Crippen LogP contribution in [0.2, 0.25) is 0 Å². The van der Waals surface area contributed by atoms with E-state index in [-0.39, 0.29) is 19.4 Å². The Bertz CT molecular complexity index is 936. The van der Waals surface area contributed by atoms with Crippen LogP contribution in [0.25, 0.3) is 0 Å². The van der Waals surface area contributed by atoms with E-state index in [9.17, 15) is 24.2 Å². The fraction of sp³-hybridized carbons (Fsp3) is 0.795. The van der Waals surface area contributed by atoms with Crippen LogP contribution in [0.1, 0.15) is 162 Å². The minimum absolute atomic E-state index is 0.137. The molecule has 10 nitrogen and oxygen atoms in total. The largest absolute Gasteiger partial charge is 0.472 e. The molecule has 0 saturated heterocycles. The number of allylic oxidation sites excluding steroid dienone is 6. The van der Waals surface area contributed by atoms with Crippen LogP contribution in [0.15, 0.2) is 36.5 Å². The Morgan fingerprint density at radius 3 is 1.60 bits per heavy atom. The highest BCUT2D eigenvalue weighted by molar-refractivity contribution is 7.47. The molecule has 50 heavy (non-hydrogen) atoms. The van der Waals surface area contributed by atoms with E-state index in [1.165, 1.54) is 70.6 Å². The second kappa shape index (κ2) is 35.6.